The Morgan fingerprint density at radius 2 is 1.85 bits per heavy atom. The van der Waals surface area contributed by atoms with Gasteiger partial charge in [0.05, 0.1) is 5.69 Å². The molecule has 2 aliphatic rings. The topological polar surface area (TPSA) is 117 Å². The molecule has 2 amide bonds. The Balaban J connectivity index is 1.60. The molecule has 0 aliphatic carbocycles. The van der Waals surface area contributed by atoms with Crippen LogP contribution in [0.2, 0.25) is 0 Å². The Bertz CT molecular complexity index is 783. The van der Waals surface area contributed by atoms with E-state index >= 15 is 0 Å². The van der Waals surface area contributed by atoms with Crippen LogP contribution in [0.5, 0.6) is 0 Å². The van der Waals surface area contributed by atoms with Crippen molar-refractivity contribution in [2.75, 3.05) is 30.9 Å². The number of anilines is 1. The van der Waals surface area contributed by atoms with Gasteiger partial charge in [0, 0.05) is 48.4 Å². The highest BCUT2D eigenvalue weighted by Gasteiger charge is 2.27. The number of hydrogen-bond donors (Lipinski definition) is 3. The van der Waals surface area contributed by atoms with E-state index in [9.17, 15) is 22.7 Å². The van der Waals surface area contributed by atoms with Crippen molar-refractivity contribution in [3.8, 4) is 0 Å². The molecule has 26 heavy (non-hydrogen) atoms. The second-order valence-electron chi connectivity index (χ2n) is 5.49. The van der Waals surface area contributed by atoms with Gasteiger partial charge in [-0.25, -0.2) is 4.39 Å². The van der Waals surface area contributed by atoms with Gasteiger partial charge in [0.15, 0.2) is 0 Å². The van der Waals surface area contributed by atoms with E-state index in [4.69, 9.17) is 0 Å². The van der Waals surface area contributed by atoms with Crippen molar-refractivity contribution >= 4 is 40.7 Å². The fraction of sp³-hybridized carbons (Fsp3) is 0.286. The number of benzene rings is 1. The highest BCUT2D eigenvalue weighted by molar-refractivity contribution is 8.00. The second kappa shape index (κ2) is 8.03. The second-order valence-corrected chi connectivity index (χ2v) is 6.84. The maximum absolute atomic E-state index is 13.9. The van der Waals surface area contributed by atoms with Crippen LogP contribution < -0.4 is 15.0 Å². The van der Waals surface area contributed by atoms with E-state index in [1.54, 1.807) is 10.3 Å². The molecule has 0 spiro atoms. The van der Waals surface area contributed by atoms with Gasteiger partial charge in [0.2, 0.25) is 0 Å². The molecule has 0 saturated carbocycles. The molecular weight excluding hydrogens is 385 g/mol. The first kappa shape index (κ1) is 18.6. The minimum Gasteiger partial charge on any atom is -0.755 e. The monoisotopic (exact) mass is 400 g/mol. The fourth-order valence-electron chi connectivity index (χ4n) is 2.59. The summed E-state index contributed by atoms with van der Waals surface area (Å²) in [7, 11) is 0. The summed E-state index contributed by atoms with van der Waals surface area (Å²) in [4.78, 5) is 30.6. The molecule has 12 heteroatoms. The van der Waals surface area contributed by atoms with E-state index in [2.05, 4.69) is 10.3 Å². The highest BCUT2D eigenvalue weighted by atomic mass is 32.2. The number of piperazine rings is 1. The lowest BCUT2D eigenvalue weighted by Gasteiger charge is -2.35. The number of carbonyl (C=O) groups excluding carboxylic acids is 2. The Morgan fingerprint density at radius 1 is 1.19 bits per heavy atom. The summed E-state index contributed by atoms with van der Waals surface area (Å²) in [6.45, 7) is 1.38. The first-order valence-corrected chi connectivity index (χ1v) is 9.52. The molecule has 0 aromatic heterocycles. The van der Waals surface area contributed by atoms with Gasteiger partial charge < -0.3 is 24.5 Å². The number of nitrogens with one attached hydrogen (secondary N) is 3. The fourth-order valence-corrected chi connectivity index (χ4v) is 3.44. The maximum Gasteiger partial charge on any atom is 0.272 e. The largest absolute Gasteiger partial charge is 0.755 e. The number of hydrogen-bond acceptors (Lipinski definition) is 7. The van der Waals surface area contributed by atoms with Crippen LogP contribution in [0.15, 0.2) is 29.3 Å². The first-order valence-electron chi connectivity index (χ1n) is 7.56. The maximum atomic E-state index is 13.9. The van der Waals surface area contributed by atoms with Gasteiger partial charge in [-0.3, -0.25) is 13.8 Å². The summed E-state index contributed by atoms with van der Waals surface area (Å²) < 4.78 is 37.0. The minimum absolute atomic E-state index is 0.116. The van der Waals surface area contributed by atoms with Gasteiger partial charge in [-0.05, 0) is 30.1 Å². The molecule has 1 aromatic rings. The molecular formula is C14H15FN5O4S2-. The lowest BCUT2D eigenvalue weighted by Crippen LogP contribution is -2.51. The molecule has 1 saturated heterocycles. The van der Waals surface area contributed by atoms with E-state index in [1.807, 2.05) is 4.72 Å². The van der Waals surface area contributed by atoms with Gasteiger partial charge in [-0.1, -0.05) is 0 Å². The van der Waals surface area contributed by atoms with Gasteiger partial charge in [-0.15, -0.1) is 0 Å². The van der Waals surface area contributed by atoms with Crippen LogP contribution in [0, 0.1) is 5.82 Å². The number of halogens is 1. The molecule has 0 radical (unpaired) electrons. The van der Waals surface area contributed by atoms with Gasteiger partial charge >= 0.3 is 0 Å². The van der Waals surface area contributed by atoms with E-state index in [1.165, 1.54) is 29.0 Å². The van der Waals surface area contributed by atoms with E-state index in [-0.39, 0.29) is 23.1 Å². The van der Waals surface area contributed by atoms with Gasteiger partial charge in [0.25, 0.3) is 11.8 Å². The summed E-state index contributed by atoms with van der Waals surface area (Å²) in [6, 6.07) is 3.54. The zero-order valence-electron chi connectivity index (χ0n) is 13.4. The molecule has 2 heterocycles. The molecule has 1 unspecified atom stereocenters. The standard InChI is InChI=1S/C14H16FN5O4S2/c15-10-7-9(1-2-11(10)17-26(23)24)13(21)19-3-5-20(6-4-19)14(22)12-8-25-18-16-12/h1-2,7-8,16-18H,3-6H2,(H,23,24)/p-1. The number of carbonyl (C=O) groups is 2. The van der Waals surface area contributed by atoms with Crippen LogP contribution in [0.1, 0.15) is 10.4 Å². The molecule has 3 rings (SSSR count). The third kappa shape index (κ3) is 4.15. The Labute approximate surface area is 155 Å². The summed E-state index contributed by atoms with van der Waals surface area (Å²) in [6.07, 6.45) is 0. The van der Waals surface area contributed by atoms with Crippen molar-refractivity contribution in [3.63, 3.8) is 0 Å². The molecule has 140 valence electrons. The third-order valence-electron chi connectivity index (χ3n) is 3.92. The van der Waals surface area contributed by atoms with E-state index in [0.29, 0.717) is 31.9 Å². The molecule has 1 fully saturated rings. The Kier molecular flexibility index (Phi) is 5.76. The summed E-state index contributed by atoms with van der Waals surface area (Å²) in [5.74, 6) is -1.36. The molecule has 3 N–H and O–H groups in total. The highest BCUT2D eigenvalue weighted by Crippen LogP contribution is 2.18. The predicted molar refractivity (Wildman–Crippen MR) is 93.4 cm³/mol. The normalized spacial score (nSPS) is 18.2. The molecule has 9 nitrogen and oxygen atoms in total. The van der Waals surface area contributed by atoms with Gasteiger partial charge in [-0.2, -0.15) is 4.83 Å². The average Bonchev–Trinajstić information content (AvgIpc) is 3.16. The van der Waals surface area contributed by atoms with E-state index in [0.717, 1.165) is 6.07 Å². The Hall–Kier alpha value is -2.15. The van der Waals surface area contributed by atoms with Gasteiger partial charge in [0.1, 0.15) is 11.5 Å². The molecule has 2 aliphatic heterocycles. The lowest BCUT2D eigenvalue weighted by atomic mass is 10.1. The number of nitrogens with zero attached hydrogens (tertiary/aromatic N) is 2. The zero-order valence-corrected chi connectivity index (χ0v) is 15.0. The summed E-state index contributed by atoms with van der Waals surface area (Å²) in [5, 5.41) is 1.67. The number of amides is 2. The van der Waals surface area contributed by atoms with E-state index < -0.39 is 17.1 Å². The van der Waals surface area contributed by atoms with Crippen LogP contribution in [0.25, 0.3) is 0 Å². The summed E-state index contributed by atoms with van der Waals surface area (Å²) >= 11 is -1.38. The van der Waals surface area contributed by atoms with Crippen molar-refractivity contribution in [1.82, 2.24) is 20.1 Å². The van der Waals surface area contributed by atoms with Crippen molar-refractivity contribution in [2.45, 2.75) is 0 Å². The summed E-state index contributed by atoms with van der Waals surface area (Å²) in [5.41, 5.74) is 3.09. The quantitative estimate of drug-likeness (QED) is 0.478. The van der Waals surface area contributed by atoms with Crippen molar-refractivity contribution in [1.29, 1.82) is 0 Å². The van der Waals surface area contributed by atoms with Crippen molar-refractivity contribution in [3.05, 3.63) is 40.7 Å². The van der Waals surface area contributed by atoms with Crippen LogP contribution >= 0.6 is 11.9 Å². The van der Waals surface area contributed by atoms with Crippen molar-refractivity contribution < 1.29 is 22.7 Å². The zero-order chi connectivity index (χ0) is 18.7. The van der Waals surface area contributed by atoms with Crippen molar-refractivity contribution in [2.24, 2.45) is 0 Å². The van der Waals surface area contributed by atoms with Crippen LogP contribution in [0.3, 0.4) is 0 Å². The average molecular weight is 400 g/mol. The predicted octanol–water partition coefficient (Wildman–Crippen LogP) is -0.0865. The van der Waals surface area contributed by atoms with Crippen LogP contribution in [-0.4, -0.2) is 56.6 Å². The smallest absolute Gasteiger partial charge is 0.272 e. The molecule has 0 bridgehead atoms. The molecule has 1 atom stereocenters. The first-order chi connectivity index (χ1) is 12.5. The van der Waals surface area contributed by atoms with Crippen LogP contribution in [-0.2, 0) is 16.1 Å². The minimum atomic E-state index is -2.65. The lowest BCUT2D eigenvalue weighted by molar-refractivity contribution is -0.129. The number of rotatable bonds is 4. The Morgan fingerprint density at radius 3 is 2.38 bits per heavy atom. The SMILES string of the molecule is O=C(C1=CSNN1)N1CCN(C(=O)c2ccc(NS(=O)[O-])c(F)c2)CC1. The third-order valence-corrected chi connectivity index (χ3v) is 4.88. The number of hydrazine groups is 1. The molecule has 1 aromatic carbocycles. The van der Waals surface area contributed by atoms with Crippen LogP contribution in [0.4, 0.5) is 10.1 Å².